The maximum absolute atomic E-state index is 12.0. The van der Waals surface area contributed by atoms with Gasteiger partial charge in [0, 0.05) is 10.0 Å². The summed E-state index contributed by atoms with van der Waals surface area (Å²) in [6.07, 6.45) is 1.42. The lowest BCUT2D eigenvalue weighted by Gasteiger charge is -2.20. The summed E-state index contributed by atoms with van der Waals surface area (Å²) >= 11 is 4.83. The molecule has 0 aromatic heterocycles. The third-order valence-electron chi connectivity index (χ3n) is 3.62. The van der Waals surface area contributed by atoms with Gasteiger partial charge in [0.2, 0.25) is 5.91 Å². The van der Waals surface area contributed by atoms with Crippen molar-refractivity contribution in [2.75, 3.05) is 32.5 Å². The smallest absolute Gasteiger partial charge is 0.333 e. The molecule has 5 nitrogen and oxygen atoms in total. The number of ether oxygens (including phenoxy) is 1. The fourth-order valence-electron chi connectivity index (χ4n) is 2.40. The van der Waals surface area contributed by atoms with Crippen LogP contribution in [0.3, 0.4) is 0 Å². The highest BCUT2D eigenvalue weighted by atomic mass is 79.9. The summed E-state index contributed by atoms with van der Waals surface area (Å²) in [5.74, 6) is 0.0408. The first-order valence-electron chi connectivity index (χ1n) is 7.87. The average molecular weight is 414 g/mol. The van der Waals surface area contributed by atoms with Crippen LogP contribution in [0.1, 0.15) is 12.5 Å². The average Bonchev–Trinajstić information content (AvgIpc) is 2.88. The molecule has 24 heavy (non-hydrogen) atoms. The molecule has 1 N–H and O–H groups in total. The van der Waals surface area contributed by atoms with Gasteiger partial charge in [0.25, 0.3) is 0 Å². The van der Waals surface area contributed by atoms with E-state index in [4.69, 9.17) is 4.74 Å². The van der Waals surface area contributed by atoms with Crippen molar-refractivity contribution in [3.63, 3.8) is 0 Å². The minimum absolute atomic E-state index is 0.0481. The second kappa shape index (κ2) is 9.25. The van der Waals surface area contributed by atoms with Crippen LogP contribution < -0.4 is 4.90 Å². The number of rotatable bonds is 7. The fraction of sp³-hybridized carbons (Fsp3) is 0.412. The minimum Gasteiger partial charge on any atom is -0.463 e. The van der Waals surface area contributed by atoms with Crippen molar-refractivity contribution in [3.05, 3.63) is 45.4 Å². The maximum atomic E-state index is 12.0. The lowest BCUT2D eigenvalue weighted by Crippen LogP contribution is -3.08. The van der Waals surface area contributed by atoms with Crippen LogP contribution in [0.15, 0.2) is 39.8 Å². The number of thioether (sulfide) groups is 1. The quantitative estimate of drug-likeness (QED) is 0.542. The summed E-state index contributed by atoms with van der Waals surface area (Å²) in [6, 6.07) is 8.25. The lowest BCUT2D eigenvalue weighted by molar-refractivity contribution is -0.893. The Morgan fingerprint density at radius 2 is 2.12 bits per heavy atom. The van der Waals surface area contributed by atoms with Crippen molar-refractivity contribution >= 4 is 39.6 Å². The Bertz CT molecular complexity index is 619. The molecule has 1 unspecified atom stereocenters. The Hall–Kier alpha value is -1.31. The molecule has 0 aliphatic carbocycles. The van der Waals surface area contributed by atoms with Gasteiger partial charge in [-0.2, -0.15) is 0 Å². The molecule has 1 aliphatic rings. The molecule has 1 amide bonds. The van der Waals surface area contributed by atoms with Crippen molar-refractivity contribution in [2.45, 2.75) is 13.5 Å². The third kappa shape index (κ3) is 5.65. The third-order valence-corrected chi connectivity index (χ3v) is 5.17. The number of carbonyl (C=O) groups is 2. The van der Waals surface area contributed by atoms with E-state index in [1.165, 1.54) is 28.3 Å². The molecule has 130 valence electrons. The lowest BCUT2D eigenvalue weighted by atomic mass is 10.2. The molecule has 1 aromatic carbocycles. The number of carbonyl (C=O) groups excluding carboxylic acids is 2. The van der Waals surface area contributed by atoms with E-state index in [1.54, 1.807) is 11.8 Å². The zero-order chi connectivity index (χ0) is 17.5. The summed E-state index contributed by atoms with van der Waals surface area (Å²) in [4.78, 5) is 26.6. The van der Waals surface area contributed by atoms with Gasteiger partial charge in [0.05, 0.1) is 43.6 Å². The van der Waals surface area contributed by atoms with E-state index in [1.807, 2.05) is 12.1 Å². The van der Waals surface area contributed by atoms with Gasteiger partial charge in [-0.05, 0) is 19.1 Å². The van der Waals surface area contributed by atoms with Crippen molar-refractivity contribution in [2.24, 2.45) is 0 Å². The van der Waals surface area contributed by atoms with Crippen molar-refractivity contribution in [1.82, 2.24) is 4.90 Å². The standard InChI is InChI=1S/C17H21BrN2O3S/c1-3-23-17(22)10-16-20(15(21)12-24-16)9-8-19(2)11-13-4-6-14(18)7-5-13/h4-7,10H,3,8-9,11-12H2,1-2H3/p+1/b16-10-. The topological polar surface area (TPSA) is 51.1 Å². The Balaban J connectivity index is 1.89. The highest BCUT2D eigenvalue weighted by molar-refractivity contribution is 9.10. The maximum Gasteiger partial charge on any atom is 0.333 e. The summed E-state index contributed by atoms with van der Waals surface area (Å²) < 4.78 is 5.99. The van der Waals surface area contributed by atoms with Gasteiger partial charge >= 0.3 is 5.97 Å². The number of nitrogens with one attached hydrogen (secondary N) is 1. The SMILES string of the molecule is CCOC(=O)/C=C1\SCC(=O)N1CC[NH+](C)Cc1ccc(Br)cc1. The van der Waals surface area contributed by atoms with Crippen LogP contribution >= 0.6 is 27.7 Å². The second-order valence-corrected chi connectivity index (χ2v) is 7.49. The summed E-state index contributed by atoms with van der Waals surface area (Å²) in [7, 11) is 2.10. The molecule has 7 heteroatoms. The van der Waals surface area contributed by atoms with Crippen LogP contribution in [0, 0.1) is 0 Å². The molecule has 0 saturated carbocycles. The molecular formula is C17H22BrN2O3S+. The fourth-order valence-corrected chi connectivity index (χ4v) is 3.62. The van der Waals surface area contributed by atoms with Crippen molar-refractivity contribution < 1.29 is 19.2 Å². The van der Waals surface area contributed by atoms with E-state index >= 15 is 0 Å². The molecule has 0 bridgehead atoms. The van der Waals surface area contributed by atoms with Gasteiger partial charge in [-0.3, -0.25) is 4.79 Å². The number of benzene rings is 1. The van der Waals surface area contributed by atoms with Gasteiger partial charge in [-0.1, -0.05) is 39.8 Å². The first-order valence-corrected chi connectivity index (χ1v) is 9.64. The number of nitrogens with zero attached hydrogens (tertiary/aromatic N) is 1. The number of halogens is 1. The monoisotopic (exact) mass is 413 g/mol. The molecular weight excluding hydrogens is 392 g/mol. The van der Waals surface area contributed by atoms with Gasteiger partial charge in [-0.15, -0.1) is 0 Å². The van der Waals surface area contributed by atoms with Crippen molar-refractivity contribution in [3.8, 4) is 0 Å². The summed E-state index contributed by atoms with van der Waals surface area (Å²) in [6.45, 7) is 4.39. The predicted molar refractivity (Wildman–Crippen MR) is 98.5 cm³/mol. The first kappa shape index (κ1) is 19.0. The van der Waals surface area contributed by atoms with Gasteiger partial charge < -0.3 is 14.5 Å². The van der Waals surface area contributed by atoms with Gasteiger partial charge in [0.15, 0.2) is 0 Å². The molecule has 1 aliphatic heterocycles. The largest absolute Gasteiger partial charge is 0.463 e. The summed E-state index contributed by atoms with van der Waals surface area (Å²) in [5.41, 5.74) is 1.25. The predicted octanol–water partition coefficient (Wildman–Crippen LogP) is 1.44. The van der Waals surface area contributed by atoms with E-state index in [0.717, 1.165) is 17.6 Å². The highest BCUT2D eigenvalue weighted by Crippen LogP contribution is 2.28. The minimum atomic E-state index is -0.393. The van der Waals surface area contributed by atoms with E-state index in [0.29, 0.717) is 23.9 Å². The number of likely N-dealkylation sites (N-methyl/N-ethyl adjacent to an activating group) is 1. The molecule has 1 saturated heterocycles. The van der Waals surface area contributed by atoms with Crippen LogP contribution in [-0.2, 0) is 20.9 Å². The van der Waals surface area contributed by atoms with E-state index in [9.17, 15) is 9.59 Å². The van der Waals surface area contributed by atoms with Gasteiger partial charge in [-0.25, -0.2) is 4.79 Å². The summed E-state index contributed by atoms with van der Waals surface area (Å²) in [5, 5.41) is 0.690. The van der Waals surface area contributed by atoms with Crippen molar-refractivity contribution in [1.29, 1.82) is 0 Å². The Kier molecular flexibility index (Phi) is 7.33. The van der Waals surface area contributed by atoms with Crippen LogP contribution in [-0.4, -0.2) is 49.3 Å². The van der Waals surface area contributed by atoms with Crippen LogP contribution in [0.25, 0.3) is 0 Å². The molecule has 1 fully saturated rings. The van der Waals surface area contributed by atoms with Crippen LogP contribution in [0.5, 0.6) is 0 Å². The highest BCUT2D eigenvalue weighted by Gasteiger charge is 2.28. The normalized spacial score (nSPS) is 17.4. The second-order valence-electron chi connectivity index (χ2n) is 5.58. The van der Waals surface area contributed by atoms with E-state index in [2.05, 4.69) is 35.1 Å². The zero-order valence-corrected chi connectivity index (χ0v) is 16.3. The Morgan fingerprint density at radius 3 is 2.79 bits per heavy atom. The molecule has 1 heterocycles. The Morgan fingerprint density at radius 1 is 1.42 bits per heavy atom. The number of hydrogen-bond acceptors (Lipinski definition) is 4. The molecule has 2 rings (SSSR count). The van der Waals surface area contributed by atoms with E-state index < -0.39 is 5.97 Å². The molecule has 0 spiro atoms. The van der Waals surface area contributed by atoms with E-state index in [-0.39, 0.29) is 5.91 Å². The first-order chi connectivity index (χ1) is 11.5. The number of amides is 1. The molecule has 1 atom stereocenters. The van der Waals surface area contributed by atoms with Gasteiger partial charge in [0.1, 0.15) is 6.54 Å². The Labute approximate surface area is 155 Å². The van der Waals surface area contributed by atoms with Crippen LogP contribution in [0.4, 0.5) is 0 Å². The van der Waals surface area contributed by atoms with Crippen LogP contribution in [0.2, 0.25) is 0 Å². The molecule has 0 radical (unpaired) electrons. The number of esters is 1. The number of hydrogen-bond donors (Lipinski definition) is 1. The molecule has 1 aromatic rings. The zero-order valence-electron chi connectivity index (χ0n) is 13.9. The number of quaternary nitrogens is 1.